The van der Waals surface area contributed by atoms with Crippen LogP contribution >= 0.6 is 12.4 Å². The summed E-state index contributed by atoms with van der Waals surface area (Å²) in [6.45, 7) is -0.597. The van der Waals surface area contributed by atoms with Crippen LogP contribution in [0.4, 0.5) is 13.2 Å². The van der Waals surface area contributed by atoms with Crippen molar-refractivity contribution >= 4 is 18.3 Å². The number of nitrogens with one attached hydrogen (secondary N) is 1. The lowest BCUT2D eigenvalue weighted by Gasteiger charge is -2.26. The van der Waals surface area contributed by atoms with Crippen LogP contribution in [-0.2, 0) is 4.79 Å². The summed E-state index contributed by atoms with van der Waals surface area (Å²) in [7, 11) is 0. The van der Waals surface area contributed by atoms with Crippen LogP contribution in [0.15, 0.2) is 0 Å². The summed E-state index contributed by atoms with van der Waals surface area (Å²) in [6.07, 6.45) is -5.69. The lowest BCUT2D eigenvalue weighted by atomic mass is 10.0. The molecule has 2 saturated heterocycles. The van der Waals surface area contributed by atoms with Crippen LogP contribution in [0.25, 0.3) is 0 Å². The molecule has 2 heterocycles. The molecule has 0 aromatic carbocycles. The van der Waals surface area contributed by atoms with Crippen LogP contribution in [-0.4, -0.2) is 64.6 Å². The Morgan fingerprint density at radius 3 is 2.47 bits per heavy atom. The zero-order valence-electron chi connectivity index (χ0n) is 9.98. The standard InChI is InChI=1S/C10H15F3N2O3.ClH/c11-10(12,13)9(18)1-2-15(5-9)8(17)7-3-6(16)4-14-7;/h6-7,14,16,18H,1-5H2;1H. The first-order chi connectivity index (χ1) is 8.23. The van der Waals surface area contributed by atoms with Crippen LogP contribution < -0.4 is 5.32 Å². The molecule has 2 rings (SSSR count). The van der Waals surface area contributed by atoms with Crippen LogP contribution in [0.3, 0.4) is 0 Å². The van der Waals surface area contributed by atoms with Crippen molar-refractivity contribution in [2.45, 2.75) is 36.8 Å². The number of β-amino-alcohol motifs (C(OH)–C–C–N with tert-alkyl or cyclic N) is 2. The van der Waals surface area contributed by atoms with Crippen molar-refractivity contribution in [3.8, 4) is 0 Å². The van der Waals surface area contributed by atoms with Gasteiger partial charge >= 0.3 is 6.18 Å². The molecule has 0 aromatic rings. The second-order valence-electron chi connectivity index (χ2n) is 4.89. The summed E-state index contributed by atoms with van der Waals surface area (Å²) in [6, 6.07) is -0.657. The summed E-state index contributed by atoms with van der Waals surface area (Å²) in [5.74, 6) is -0.494. The van der Waals surface area contributed by atoms with E-state index in [0.29, 0.717) is 0 Å². The molecular formula is C10H16ClF3N2O3. The molecule has 5 nitrogen and oxygen atoms in total. The first kappa shape index (κ1) is 16.5. The summed E-state index contributed by atoms with van der Waals surface area (Å²) in [4.78, 5) is 12.9. The summed E-state index contributed by atoms with van der Waals surface area (Å²) in [5, 5.41) is 21.5. The fourth-order valence-electron chi connectivity index (χ4n) is 2.34. The van der Waals surface area contributed by atoms with E-state index in [1.165, 1.54) is 0 Å². The van der Waals surface area contributed by atoms with Crippen molar-refractivity contribution in [3.05, 3.63) is 0 Å². The molecule has 1 amide bonds. The van der Waals surface area contributed by atoms with Crippen LogP contribution in [0.1, 0.15) is 12.8 Å². The smallest absolute Gasteiger partial charge is 0.392 e. The number of carbonyl (C=O) groups is 1. The predicted octanol–water partition coefficient (Wildman–Crippen LogP) is -0.343. The van der Waals surface area contributed by atoms with E-state index in [2.05, 4.69) is 5.32 Å². The number of alkyl halides is 3. The maximum atomic E-state index is 12.6. The fraction of sp³-hybridized carbons (Fsp3) is 0.900. The van der Waals surface area contributed by atoms with Crippen LogP contribution in [0.2, 0.25) is 0 Å². The Labute approximate surface area is 114 Å². The fourth-order valence-corrected chi connectivity index (χ4v) is 2.34. The summed E-state index contributed by atoms with van der Waals surface area (Å²) < 4.78 is 37.7. The Hall–Kier alpha value is -0.570. The van der Waals surface area contributed by atoms with Gasteiger partial charge in [0.15, 0.2) is 5.60 Å². The highest BCUT2D eigenvalue weighted by atomic mass is 35.5. The number of rotatable bonds is 1. The Balaban J connectivity index is 0.00000180. The van der Waals surface area contributed by atoms with E-state index >= 15 is 0 Å². The molecule has 3 N–H and O–H groups in total. The molecule has 0 aliphatic carbocycles. The van der Waals surface area contributed by atoms with Gasteiger partial charge in [0.1, 0.15) is 0 Å². The van der Waals surface area contributed by atoms with Gasteiger partial charge in [-0.05, 0) is 6.42 Å². The highest BCUT2D eigenvalue weighted by Crippen LogP contribution is 2.37. The van der Waals surface area contributed by atoms with Gasteiger partial charge in [0.2, 0.25) is 5.91 Å². The van der Waals surface area contributed by atoms with Gasteiger partial charge in [-0.25, -0.2) is 0 Å². The van der Waals surface area contributed by atoms with Gasteiger partial charge in [0, 0.05) is 19.5 Å². The number of halogens is 4. The molecule has 0 saturated carbocycles. The van der Waals surface area contributed by atoms with Gasteiger partial charge in [0.05, 0.1) is 18.7 Å². The van der Waals surface area contributed by atoms with E-state index in [4.69, 9.17) is 0 Å². The van der Waals surface area contributed by atoms with Crippen molar-refractivity contribution in [1.82, 2.24) is 10.2 Å². The molecule has 2 aliphatic heterocycles. The summed E-state index contributed by atoms with van der Waals surface area (Å²) >= 11 is 0. The van der Waals surface area contributed by atoms with E-state index in [1.54, 1.807) is 0 Å². The average Bonchev–Trinajstić information content (AvgIpc) is 2.84. The highest BCUT2D eigenvalue weighted by Gasteiger charge is 2.58. The Morgan fingerprint density at radius 1 is 1.42 bits per heavy atom. The topological polar surface area (TPSA) is 72.8 Å². The van der Waals surface area contributed by atoms with E-state index in [1.807, 2.05) is 0 Å². The predicted molar refractivity (Wildman–Crippen MR) is 61.9 cm³/mol. The largest absolute Gasteiger partial charge is 0.419 e. The minimum Gasteiger partial charge on any atom is -0.392 e. The van der Waals surface area contributed by atoms with E-state index in [0.717, 1.165) is 4.90 Å². The Morgan fingerprint density at radius 2 is 2.05 bits per heavy atom. The molecular weight excluding hydrogens is 289 g/mol. The zero-order chi connectivity index (χ0) is 13.6. The third kappa shape index (κ3) is 3.13. The van der Waals surface area contributed by atoms with Crippen LogP contribution in [0, 0.1) is 0 Å². The second-order valence-corrected chi connectivity index (χ2v) is 4.89. The molecule has 0 radical (unpaired) electrons. The first-order valence-electron chi connectivity index (χ1n) is 5.72. The minimum atomic E-state index is -4.73. The van der Waals surface area contributed by atoms with Crippen molar-refractivity contribution < 1.29 is 28.2 Å². The summed E-state index contributed by atoms with van der Waals surface area (Å²) in [5.41, 5.74) is -2.81. The molecule has 9 heteroatoms. The van der Waals surface area contributed by atoms with E-state index < -0.39 is 42.8 Å². The molecule has 0 bridgehead atoms. The van der Waals surface area contributed by atoms with Crippen LogP contribution in [0.5, 0.6) is 0 Å². The molecule has 0 spiro atoms. The number of hydrogen-bond donors (Lipinski definition) is 3. The number of aliphatic hydroxyl groups excluding tert-OH is 1. The monoisotopic (exact) mass is 304 g/mol. The normalized spacial score (nSPS) is 35.3. The maximum absolute atomic E-state index is 12.6. The quantitative estimate of drug-likeness (QED) is 0.619. The number of carbonyl (C=O) groups excluding carboxylic acids is 1. The van der Waals surface area contributed by atoms with Crippen molar-refractivity contribution in [2.75, 3.05) is 19.6 Å². The van der Waals surface area contributed by atoms with E-state index in [-0.39, 0.29) is 31.9 Å². The third-order valence-electron chi connectivity index (χ3n) is 3.49. The number of nitrogens with zero attached hydrogens (tertiary/aromatic N) is 1. The third-order valence-corrected chi connectivity index (χ3v) is 3.49. The van der Waals surface area contributed by atoms with Gasteiger partial charge in [-0.2, -0.15) is 13.2 Å². The lowest BCUT2D eigenvalue weighted by molar-refractivity contribution is -0.253. The lowest BCUT2D eigenvalue weighted by Crippen LogP contribution is -2.50. The first-order valence-corrected chi connectivity index (χ1v) is 5.72. The number of amides is 1. The molecule has 3 atom stereocenters. The van der Waals surface area contributed by atoms with Crippen molar-refractivity contribution in [1.29, 1.82) is 0 Å². The Kier molecular flexibility index (Phi) is 4.71. The van der Waals surface area contributed by atoms with Gasteiger partial charge in [0.25, 0.3) is 0 Å². The van der Waals surface area contributed by atoms with Crippen molar-refractivity contribution in [3.63, 3.8) is 0 Å². The molecule has 0 aromatic heterocycles. The molecule has 112 valence electrons. The number of aliphatic hydroxyl groups is 2. The van der Waals surface area contributed by atoms with Gasteiger partial charge in [-0.1, -0.05) is 0 Å². The van der Waals surface area contributed by atoms with Gasteiger partial charge < -0.3 is 20.4 Å². The molecule has 3 unspecified atom stereocenters. The maximum Gasteiger partial charge on any atom is 0.419 e. The van der Waals surface area contributed by atoms with Gasteiger partial charge in [-0.3, -0.25) is 4.79 Å². The Bertz CT molecular complexity index is 355. The SMILES string of the molecule is Cl.O=C(C1CC(O)CN1)N1CCC(O)(C(F)(F)F)C1. The molecule has 2 aliphatic rings. The minimum absolute atomic E-state index is 0. The second kappa shape index (κ2) is 5.43. The van der Waals surface area contributed by atoms with Crippen molar-refractivity contribution in [2.24, 2.45) is 0 Å². The average molecular weight is 305 g/mol. The number of likely N-dealkylation sites (tertiary alicyclic amines) is 1. The number of hydrogen-bond acceptors (Lipinski definition) is 4. The highest BCUT2D eigenvalue weighted by molar-refractivity contribution is 5.85. The molecule has 2 fully saturated rings. The molecule has 19 heavy (non-hydrogen) atoms. The van der Waals surface area contributed by atoms with E-state index in [9.17, 15) is 28.2 Å². The van der Waals surface area contributed by atoms with Gasteiger partial charge in [-0.15, -0.1) is 12.4 Å². The zero-order valence-corrected chi connectivity index (χ0v) is 10.8.